The highest BCUT2D eigenvalue weighted by Gasteiger charge is 2.30. The lowest BCUT2D eigenvalue weighted by atomic mass is 9.92. The van der Waals surface area contributed by atoms with Crippen LogP contribution in [0.5, 0.6) is 0 Å². The van der Waals surface area contributed by atoms with E-state index in [0.29, 0.717) is 0 Å². The molecule has 5 heteroatoms. The van der Waals surface area contributed by atoms with E-state index in [-0.39, 0.29) is 6.54 Å². The van der Waals surface area contributed by atoms with Crippen LogP contribution in [0.25, 0.3) is 0 Å². The van der Waals surface area contributed by atoms with Crippen molar-refractivity contribution in [2.75, 3.05) is 13.2 Å². The second kappa shape index (κ2) is 3.64. The van der Waals surface area contributed by atoms with E-state index in [2.05, 4.69) is 0 Å². The normalized spacial score (nSPS) is 18.9. The number of nitrogens with zero attached hydrogens (tertiary/aromatic N) is 1. The standard InChI is InChI=1S/C6H13NO4/c1-5(3-7(10)11)6(2,9)4-8/h5,8-9H,3-4H2,1-2H3. The molecule has 0 bridgehead atoms. The molecule has 0 aliphatic rings. The zero-order valence-electron chi connectivity index (χ0n) is 6.65. The van der Waals surface area contributed by atoms with Crippen LogP contribution < -0.4 is 0 Å². The van der Waals surface area contributed by atoms with Crippen LogP contribution in [0.3, 0.4) is 0 Å². The smallest absolute Gasteiger partial charge is 0.209 e. The predicted octanol–water partition coefficient (Wildman–Crippen LogP) is -0.358. The molecular formula is C6H13NO4. The molecule has 2 unspecified atom stereocenters. The number of rotatable bonds is 4. The third kappa shape index (κ3) is 3.29. The Balaban J connectivity index is 4.01. The van der Waals surface area contributed by atoms with Gasteiger partial charge in [0.05, 0.1) is 18.1 Å². The maximum absolute atomic E-state index is 9.99. The Hall–Kier alpha value is -0.680. The number of hydrogen-bond donors (Lipinski definition) is 2. The summed E-state index contributed by atoms with van der Waals surface area (Å²) in [4.78, 5) is 9.48. The maximum atomic E-state index is 9.99. The van der Waals surface area contributed by atoms with Gasteiger partial charge in [0.1, 0.15) is 0 Å². The number of nitro groups is 1. The Morgan fingerprint density at radius 3 is 2.45 bits per heavy atom. The molecule has 2 atom stereocenters. The molecular weight excluding hydrogens is 150 g/mol. The van der Waals surface area contributed by atoms with Crippen molar-refractivity contribution in [3.05, 3.63) is 10.1 Å². The van der Waals surface area contributed by atoms with Crippen molar-refractivity contribution >= 4 is 0 Å². The summed E-state index contributed by atoms with van der Waals surface area (Å²) in [6.45, 7) is 2.12. The summed E-state index contributed by atoms with van der Waals surface area (Å²) in [5.74, 6) is -0.539. The number of aliphatic hydroxyl groups is 2. The van der Waals surface area contributed by atoms with Gasteiger partial charge in [-0.25, -0.2) is 0 Å². The molecule has 0 aromatic heterocycles. The highest BCUT2D eigenvalue weighted by Crippen LogP contribution is 2.15. The summed E-state index contributed by atoms with van der Waals surface area (Å²) in [5.41, 5.74) is -1.35. The molecule has 0 heterocycles. The molecule has 0 fully saturated rings. The van der Waals surface area contributed by atoms with E-state index >= 15 is 0 Å². The molecule has 0 aliphatic heterocycles. The van der Waals surface area contributed by atoms with Gasteiger partial charge in [0.25, 0.3) is 0 Å². The summed E-state index contributed by atoms with van der Waals surface area (Å²) < 4.78 is 0. The monoisotopic (exact) mass is 163 g/mol. The molecule has 0 aromatic rings. The highest BCUT2D eigenvalue weighted by atomic mass is 16.6. The van der Waals surface area contributed by atoms with Crippen molar-refractivity contribution in [2.45, 2.75) is 19.4 Å². The van der Waals surface area contributed by atoms with Crippen LogP contribution in [-0.2, 0) is 0 Å². The first-order chi connectivity index (χ1) is 4.90. The quantitative estimate of drug-likeness (QED) is 0.438. The molecule has 0 saturated heterocycles. The number of hydrogen-bond acceptors (Lipinski definition) is 4. The predicted molar refractivity (Wildman–Crippen MR) is 38.7 cm³/mol. The Labute approximate surface area is 64.8 Å². The minimum atomic E-state index is -1.35. The van der Waals surface area contributed by atoms with Gasteiger partial charge < -0.3 is 10.2 Å². The van der Waals surface area contributed by atoms with Crippen LogP contribution in [0.15, 0.2) is 0 Å². The van der Waals surface area contributed by atoms with Crippen LogP contribution in [0.2, 0.25) is 0 Å². The SMILES string of the molecule is CC(C[N+](=O)[O-])C(C)(O)CO. The Bertz CT molecular complexity index is 146. The van der Waals surface area contributed by atoms with E-state index in [9.17, 15) is 15.2 Å². The van der Waals surface area contributed by atoms with Crippen molar-refractivity contribution < 1.29 is 15.1 Å². The fourth-order valence-corrected chi connectivity index (χ4v) is 0.576. The first kappa shape index (κ1) is 10.3. The lowest BCUT2D eigenvalue weighted by Gasteiger charge is -2.24. The first-order valence-electron chi connectivity index (χ1n) is 3.35. The zero-order valence-corrected chi connectivity index (χ0v) is 6.65. The van der Waals surface area contributed by atoms with Gasteiger partial charge in [-0.1, -0.05) is 6.92 Å². The van der Waals surface area contributed by atoms with Gasteiger partial charge in [0.15, 0.2) is 0 Å². The Morgan fingerprint density at radius 2 is 2.18 bits per heavy atom. The summed E-state index contributed by atoms with van der Waals surface area (Å²) in [5, 5.41) is 27.9. The topological polar surface area (TPSA) is 83.6 Å². The number of aliphatic hydroxyl groups excluding tert-OH is 1. The van der Waals surface area contributed by atoms with Crippen molar-refractivity contribution in [3.63, 3.8) is 0 Å². The lowest BCUT2D eigenvalue weighted by Crippen LogP contribution is -2.40. The largest absolute Gasteiger partial charge is 0.393 e. The Kier molecular flexibility index (Phi) is 3.41. The zero-order chi connectivity index (χ0) is 9.07. The van der Waals surface area contributed by atoms with Gasteiger partial charge >= 0.3 is 0 Å². The molecule has 2 N–H and O–H groups in total. The summed E-state index contributed by atoms with van der Waals surface area (Å²) in [6, 6.07) is 0. The van der Waals surface area contributed by atoms with Gasteiger partial charge in [-0.05, 0) is 6.92 Å². The summed E-state index contributed by atoms with van der Waals surface area (Å²) >= 11 is 0. The minimum Gasteiger partial charge on any atom is -0.393 e. The molecule has 11 heavy (non-hydrogen) atoms. The van der Waals surface area contributed by atoms with Gasteiger partial charge in [0.2, 0.25) is 6.54 Å². The van der Waals surface area contributed by atoms with E-state index in [0.717, 1.165) is 0 Å². The average molecular weight is 163 g/mol. The van der Waals surface area contributed by atoms with E-state index in [4.69, 9.17) is 5.11 Å². The van der Waals surface area contributed by atoms with Crippen LogP contribution >= 0.6 is 0 Å². The minimum absolute atomic E-state index is 0.326. The van der Waals surface area contributed by atoms with Crippen LogP contribution in [0.1, 0.15) is 13.8 Å². The van der Waals surface area contributed by atoms with Crippen molar-refractivity contribution in [1.82, 2.24) is 0 Å². The Morgan fingerprint density at radius 1 is 1.73 bits per heavy atom. The molecule has 0 aliphatic carbocycles. The van der Waals surface area contributed by atoms with E-state index < -0.39 is 23.0 Å². The van der Waals surface area contributed by atoms with E-state index in [1.165, 1.54) is 13.8 Å². The second-order valence-corrected chi connectivity index (χ2v) is 2.93. The van der Waals surface area contributed by atoms with Crippen LogP contribution in [0.4, 0.5) is 0 Å². The maximum Gasteiger partial charge on any atom is 0.209 e. The molecule has 0 spiro atoms. The third-order valence-corrected chi connectivity index (χ3v) is 1.80. The molecule has 0 saturated carbocycles. The highest BCUT2D eigenvalue weighted by molar-refractivity contribution is 4.77. The molecule has 5 nitrogen and oxygen atoms in total. The van der Waals surface area contributed by atoms with Crippen molar-refractivity contribution in [2.24, 2.45) is 5.92 Å². The van der Waals surface area contributed by atoms with Gasteiger partial charge in [-0.2, -0.15) is 0 Å². The fraction of sp³-hybridized carbons (Fsp3) is 1.00. The van der Waals surface area contributed by atoms with E-state index in [1.54, 1.807) is 0 Å². The molecule has 0 radical (unpaired) electrons. The average Bonchev–Trinajstić information content (AvgIpc) is 1.86. The molecule has 0 aromatic carbocycles. The van der Waals surface area contributed by atoms with Gasteiger partial charge in [-0.15, -0.1) is 0 Å². The summed E-state index contributed by atoms with van der Waals surface area (Å²) in [6.07, 6.45) is 0. The van der Waals surface area contributed by atoms with E-state index in [1.807, 2.05) is 0 Å². The van der Waals surface area contributed by atoms with Crippen LogP contribution in [-0.4, -0.2) is 33.9 Å². The van der Waals surface area contributed by atoms with Crippen molar-refractivity contribution in [3.8, 4) is 0 Å². The second-order valence-electron chi connectivity index (χ2n) is 2.93. The van der Waals surface area contributed by atoms with Crippen molar-refractivity contribution in [1.29, 1.82) is 0 Å². The third-order valence-electron chi connectivity index (χ3n) is 1.80. The lowest BCUT2D eigenvalue weighted by molar-refractivity contribution is -0.492. The molecule has 0 rings (SSSR count). The summed E-state index contributed by atoms with van der Waals surface area (Å²) in [7, 11) is 0. The molecule has 0 amide bonds. The molecule has 66 valence electrons. The van der Waals surface area contributed by atoms with Gasteiger partial charge in [-0.3, -0.25) is 10.1 Å². The first-order valence-corrected chi connectivity index (χ1v) is 3.35. The van der Waals surface area contributed by atoms with Crippen LogP contribution in [0, 0.1) is 16.0 Å². The fourth-order valence-electron chi connectivity index (χ4n) is 0.576. The van der Waals surface area contributed by atoms with Gasteiger partial charge in [0, 0.05) is 4.92 Å².